The molecule has 9 heteroatoms. The fourth-order valence-electron chi connectivity index (χ4n) is 5.22. The molecule has 1 amide bonds. The van der Waals surface area contributed by atoms with E-state index in [0.29, 0.717) is 11.4 Å². The standard InChI is InChI=1S/C25H26FN3O.C6H6FNOS.C2H6/c1-28-12-11-27-24(28)16-29(21-10-9-17-5-2-3-6-18(17)14-21)25(30)23-15-22(23)19-7-4-8-20(26)13-19;7-5-1-3-6(4-2-5)10(8)9;1-2/h4,7-14,22-23H,2-3,5-6,15-16H2,1H3;1-4H,8H2;1-2H3. The van der Waals surface area contributed by atoms with E-state index in [-0.39, 0.29) is 29.4 Å². The number of amides is 1. The van der Waals surface area contributed by atoms with Crippen LogP contribution >= 0.6 is 0 Å². The number of fused-ring (bicyclic) bond motifs is 1. The number of rotatable bonds is 6. The molecule has 2 N–H and O–H groups in total. The van der Waals surface area contributed by atoms with Crippen LogP contribution in [0.5, 0.6) is 0 Å². The van der Waals surface area contributed by atoms with Gasteiger partial charge in [0.25, 0.3) is 0 Å². The number of benzene rings is 3. The number of nitrogens with zero attached hydrogens (tertiary/aromatic N) is 3. The predicted octanol–water partition coefficient (Wildman–Crippen LogP) is 6.61. The molecule has 2 aliphatic carbocycles. The Labute approximate surface area is 249 Å². The Hall–Kier alpha value is -3.69. The first-order chi connectivity index (χ1) is 20.3. The van der Waals surface area contributed by atoms with Crippen molar-refractivity contribution < 1.29 is 17.8 Å². The quantitative estimate of drug-likeness (QED) is 0.274. The number of nitrogens with two attached hydrogens (primary N) is 1. The minimum Gasteiger partial charge on any atom is -0.337 e. The highest BCUT2D eigenvalue weighted by molar-refractivity contribution is 7.82. The number of aryl methyl sites for hydroxylation is 3. The summed E-state index contributed by atoms with van der Waals surface area (Å²) in [6, 6.07) is 18.3. The van der Waals surface area contributed by atoms with Crippen LogP contribution in [-0.2, 0) is 42.2 Å². The number of carbonyl (C=O) groups excluding carboxylic acids is 1. The highest BCUT2D eigenvalue weighted by atomic mass is 32.2. The second-order valence-corrected chi connectivity index (χ2v) is 11.4. The van der Waals surface area contributed by atoms with Crippen LogP contribution in [0, 0.1) is 17.6 Å². The number of anilines is 1. The highest BCUT2D eigenvalue weighted by Crippen LogP contribution is 2.49. The van der Waals surface area contributed by atoms with Gasteiger partial charge in [0.15, 0.2) is 0 Å². The van der Waals surface area contributed by atoms with E-state index in [2.05, 4.69) is 23.2 Å². The van der Waals surface area contributed by atoms with E-state index in [1.54, 1.807) is 18.3 Å². The van der Waals surface area contributed by atoms with Gasteiger partial charge in [-0.15, -0.1) is 0 Å². The van der Waals surface area contributed by atoms with Crippen molar-refractivity contribution in [2.24, 2.45) is 18.1 Å². The van der Waals surface area contributed by atoms with Crippen LogP contribution in [0.4, 0.5) is 14.5 Å². The Morgan fingerprint density at radius 3 is 2.36 bits per heavy atom. The summed E-state index contributed by atoms with van der Waals surface area (Å²) in [7, 11) is 0.445. The van der Waals surface area contributed by atoms with E-state index in [0.717, 1.165) is 36.3 Å². The molecule has 0 bridgehead atoms. The second-order valence-electron chi connectivity index (χ2n) is 10.3. The monoisotopic (exact) mass is 592 g/mol. The first kappa shape index (κ1) is 31.3. The van der Waals surface area contributed by atoms with Gasteiger partial charge >= 0.3 is 0 Å². The van der Waals surface area contributed by atoms with Crippen molar-refractivity contribution >= 4 is 22.6 Å². The lowest BCUT2D eigenvalue weighted by Gasteiger charge is -2.25. The van der Waals surface area contributed by atoms with Gasteiger partial charge < -0.3 is 9.47 Å². The van der Waals surface area contributed by atoms with Crippen LogP contribution in [0.3, 0.4) is 0 Å². The average molecular weight is 593 g/mol. The van der Waals surface area contributed by atoms with Crippen LogP contribution in [0.2, 0.25) is 0 Å². The van der Waals surface area contributed by atoms with Crippen molar-refractivity contribution in [2.75, 3.05) is 4.90 Å². The van der Waals surface area contributed by atoms with Crippen molar-refractivity contribution in [1.29, 1.82) is 0 Å². The molecule has 3 aromatic carbocycles. The van der Waals surface area contributed by atoms with Crippen LogP contribution in [0.25, 0.3) is 0 Å². The summed E-state index contributed by atoms with van der Waals surface area (Å²) in [4.78, 5) is 20.3. The molecule has 42 heavy (non-hydrogen) atoms. The molecule has 3 unspecified atom stereocenters. The smallest absolute Gasteiger partial charge is 0.231 e. The lowest BCUT2D eigenvalue weighted by molar-refractivity contribution is -0.120. The summed E-state index contributed by atoms with van der Waals surface area (Å²) in [6.07, 6.45) is 9.06. The summed E-state index contributed by atoms with van der Waals surface area (Å²) in [6.45, 7) is 4.44. The molecule has 0 spiro atoms. The summed E-state index contributed by atoms with van der Waals surface area (Å²) >= 11 is 0. The average Bonchev–Trinajstić information content (AvgIpc) is 3.71. The lowest BCUT2D eigenvalue weighted by Crippen LogP contribution is -2.33. The van der Waals surface area contributed by atoms with Gasteiger partial charge in [-0.05, 0) is 103 Å². The third kappa shape index (κ3) is 7.77. The van der Waals surface area contributed by atoms with E-state index in [9.17, 15) is 17.8 Å². The second kappa shape index (κ2) is 14.5. The molecule has 0 radical (unpaired) electrons. The number of carbonyl (C=O) groups is 1. The Kier molecular flexibility index (Phi) is 10.8. The normalized spacial score (nSPS) is 17.5. The zero-order chi connectivity index (χ0) is 30.2. The van der Waals surface area contributed by atoms with E-state index in [4.69, 9.17) is 5.14 Å². The number of aromatic nitrogens is 2. The minimum atomic E-state index is -1.50. The third-order valence-corrected chi connectivity index (χ3v) is 8.30. The molecule has 0 saturated heterocycles. The van der Waals surface area contributed by atoms with Gasteiger partial charge in [-0.1, -0.05) is 32.0 Å². The molecule has 1 saturated carbocycles. The van der Waals surface area contributed by atoms with Crippen molar-refractivity contribution in [3.8, 4) is 0 Å². The van der Waals surface area contributed by atoms with Crippen molar-refractivity contribution in [3.63, 3.8) is 0 Å². The van der Waals surface area contributed by atoms with Crippen molar-refractivity contribution in [2.45, 2.75) is 63.3 Å². The summed E-state index contributed by atoms with van der Waals surface area (Å²) in [5.41, 5.74) is 4.61. The Balaban J connectivity index is 0.000000285. The Bertz CT molecular complexity index is 1520. The number of hydrogen-bond donors (Lipinski definition) is 1. The molecule has 2 aliphatic rings. The Morgan fingerprint density at radius 1 is 1.00 bits per heavy atom. The van der Waals surface area contributed by atoms with Crippen LogP contribution in [0.1, 0.15) is 61.5 Å². The molecule has 1 fully saturated rings. The molecule has 4 aromatic rings. The van der Waals surface area contributed by atoms with Gasteiger partial charge in [0, 0.05) is 31.0 Å². The summed E-state index contributed by atoms with van der Waals surface area (Å²) in [5, 5.41) is 5.01. The summed E-state index contributed by atoms with van der Waals surface area (Å²) in [5.74, 6) is 0.337. The van der Waals surface area contributed by atoms with Crippen LogP contribution in [-0.4, -0.2) is 19.7 Å². The summed E-state index contributed by atoms with van der Waals surface area (Å²) < 4.78 is 38.3. The van der Waals surface area contributed by atoms with Crippen LogP contribution < -0.4 is 10.0 Å². The van der Waals surface area contributed by atoms with Gasteiger partial charge in [0.1, 0.15) is 28.4 Å². The first-order valence-electron chi connectivity index (χ1n) is 14.4. The van der Waals surface area contributed by atoms with Gasteiger partial charge in [-0.2, -0.15) is 0 Å². The predicted molar refractivity (Wildman–Crippen MR) is 163 cm³/mol. The molecule has 0 aliphatic heterocycles. The molecule has 1 heterocycles. The first-order valence-corrected chi connectivity index (χ1v) is 15.6. The SMILES string of the molecule is CC.Cn1ccnc1CN(C(=O)C1CC1c1cccc(F)c1)c1ccc2c(c1)CCCC2.NS(=O)c1ccc(F)cc1. The van der Waals surface area contributed by atoms with Crippen LogP contribution in [0.15, 0.2) is 84.0 Å². The molecule has 1 aromatic heterocycles. The number of imidazole rings is 1. The molecule has 6 nitrogen and oxygen atoms in total. The lowest BCUT2D eigenvalue weighted by atomic mass is 9.91. The van der Waals surface area contributed by atoms with E-state index in [1.807, 2.05) is 42.6 Å². The molecule has 6 rings (SSSR count). The molecular weight excluding hydrogens is 554 g/mol. The molecule has 3 atom stereocenters. The zero-order valence-corrected chi connectivity index (χ0v) is 25.1. The number of halogens is 2. The van der Waals surface area contributed by atoms with Gasteiger partial charge in [0.2, 0.25) is 5.91 Å². The van der Waals surface area contributed by atoms with E-state index >= 15 is 0 Å². The maximum absolute atomic E-state index is 13.7. The van der Waals surface area contributed by atoms with Gasteiger partial charge in [-0.25, -0.2) is 23.1 Å². The van der Waals surface area contributed by atoms with E-state index < -0.39 is 11.0 Å². The van der Waals surface area contributed by atoms with Crippen molar-refractivity contribution in [1.82, 2.24) is 9.55 Å². The van der Waals surface area contributed by atoms with Crippen molar-refractivity contribution in [3.05, 3.63) is 113 Å². The van der Waals surface area contributed by atoms with Gasteiger partial charge in [-0.3, -0.25) is 4.79 Å². The van der Waals surface area contributed by atoms with Gasteiger partial charge in [0.05, 0.1) is 11.4 Å². The third-order valence-electron chi connectivity index (χ3n) is 7.56. The largest absolute Gasteiger partial charge is 0.337 e. The molecule has 222 valence electrons. The Morgan fingerprint density at radius 2 is 1.71 bits per heavy atom. The fourth-order valence-corrected chi connectivity index (χ4v) is 5.62. The maximum Gasteiger partial charge on any atom is 0.231 e. The maximum atomic E-state index is 13.7. The molecular formula is C33H38F2N4O2S. The zero-order valence-electron chi connectivity index (χ0n) is 24.3. The highest BCUT2D eigenvalue weighted by Gasteiger charge is 2.46. The minimum absolute atomic E-state index is 0.0923. The number of hydrogen-bond acceptors (Lipinski definition) is 3. The fraction of sp³-hybridized carbons (Fsp3) is 0.333. The topological polar surface area (TPSA) is 81.2 Å². The van der Waals surface area contributed by atoms with E-state index in [1.165, 1.54) is 54.3 Å².